The van der Waals surface area contributed by atoms with Crippen LogP contribution in [0.15, 0.2) is 12.2 Å². The van der Waals surface area contributed by atoms with Gasteiger partial charge in [0.1, 0.15) is 0 Å². The van der Waals surface area contributed by atoms with Gasteiger partial charge in [-0.05, 0) is 6.92 Å². The quantitative estimate of drug-likeness (QED) is 0.237. The molecule has 0 saturated carbocycles. The number of halogens is 1. The second-order valence-electron chi connectivity index (χ2n) is 5.10. The molecule has 0 radical (unpaired) electrons. The molecule has 0 spiro atoms. The molecule has 0 saturated heterocycles. The van der Waals surface area contributed by atoms with Crippen molar-refractivity contribution in [2.75, 3.05) is 40.8 Å². The van der Waals surface area contributed by atoms with Gasteiger partial charge in [0, 0.05) is 18.5 Å². The minimum atomic E-state index is -0.184. The third-order valence-electron chi connectivity index (χ3n) is 2.76. The summed E-state index contributed by atoms with van der Waals surface area (Å²) in [4.78, 5) is 22.3. The van der Waals surface area contributed by atoms with Gasteiger partial charge in [0.25, 0.3) is 0 Å². The zero-order chi connectivity index (χ0) is 14.2. The Balaban J connectivity index is 0. The van der Waals surface area contributed by atoms with Crippen LogP contribution in [0.1, 0.15) is 19.8 Å². The predicted octanol–water partition coefficient (Wildman–Crippen LogP) is -2.29. The van der Waals surface area contributed by atoms with Crippen LogP contribution in [-0.4, -0.2) is 57.2 Å². The fourth-order valence-electron chi connectivity index (χ4n) is 1.47. The molecule has 5 nitrogen and oxygen atoms in total. The Labute approximate surface area is 122 Å². The Hall–Kier alpha value is -1.07. The van der Waals surface area contributed by atoms with E-state index in [0.717, 1.165) is 24.0 Å². The van der Waals surface area contributed by atoms with Crippen LogP contribution in [0.3, 0.4) is 0 Å². The van der Waals surface area contributed by atoms with E-state index in [1.165, 1.54) is 7.11 Å². The first kappa shape index (κ1) is 20.3. The predicted molar refractivity (Wildman–Crippen MR) is 70.9 cm³/mol. The molecule has 0 aliphatic rings. The SMILES string of the molecule is C=C(C)C(=O)NCCC[N+](C)(C)CCC(=O)OC.[Cl-]. The molecule has 1 amide bonds. The molecule has 0 aromatic carbocycles. The summed E-state index contributed by atoms with van der Waals surface area (Å²) in [5, 5.41) is 2.79. The molecule has 0 rings (SSSR count). The van der Waals surface area contributed by atoms with Crippen molar-refractivity contribution in [3.8, 4) is 0 Å². The zero-order valence-corrected chi connectivity index (χ0v) is 13.0. The van der Waals surface area contributed by atoms with Gasteiger partial charge < -0.3 is 26.9 Å². The van der Waals surface area contributed by atoms with Crippen molar-refractivity contribution >= 4 is 11.9 Å². The lowest BCUT2D eigenvalue weighted by atomic mass is 10.3. The van der Waals surface area contributed by atoms with Gasteiger partial charge in [-0.2, -0.15) is 0 Å². The number of methoxy groups -OCH3 is 1. The lowest BCUT2D eigenvalue weighted by Gasteiger charge is -2.29. The van der Waals surface area contributed by atoms with Gasteiger partial charge in [0.2, 0.25) is 5.91 Å². The molecule has 19 heavy (non-hydrogen) atoms. The van der Waals surface area contributed by atoms with Crippen molar-refractivity contribution in [2.45, 2.75) is 19.8 Å². The molecular weight excluding hydrogens is 268 g/mol. The maximum atomic E-state index is 11.2. The number of esters is 1. The number of hydrogen-bond acceptors (Lipinski definition) is 3. The Bertz CT molecular complexity index is 317. The summed E-state index contributed by atoms with van der Waals surface area (Å²) in [6, 6.07) is 0. The first-order valence-electron chi connectivity index (χ1n) is 6.11. The standard InChI is InChI=1S/C13H24N2O3.ClH/c1-11(2)13(17)14-8-6-9-15(3,4)10-7-12(16)18-5;/h1,6-10H2,2-5H3;1H. The second kappa shape index (κ2) is 9.81. The summed E-state index contributed by atoms with van der Waals surface area (Å²) < 4.78 is 5.35. The van der Waals surface area contributed by atoms with Crippen molar-refractivity contribution in [2.24, 2.45) is 0 Å². The third-order valence-corrected chi connectivity index (χ3v) is 2.76. The molecule has 0 unspecified atom stereocenters. The van der Waals surface area contributed by atoms with Crippen molar-refractivity contribution in [1.82, 2.24) is 5.32 Å². The van der Waals surface area contributed by atoms with Crippen LogP contribution in [0.4, 0.5) is 0 Å². The van der Waals surface area contributed by atoms with Crippen LogP contribution in [0.25, 0.3) is 0 Å². The van der Waals surface area contributed by atoms with Gasteiger partial charge in [-0.25, -0.2) is 0 Å². The largest absolute Gasteiger partial charge is 1.00 e. The Morgan fingerprint density at radius 3 is 2.32 bits per heavy atom. The lowest BCUT2D eigenvalue weighted by Crippen LogP contribution is -3.00. The van der Waals surface area contributed by atoms with Gasteiger partial charge in [-0.15, -0.1) is 0 Å². The highest BCUT2D eigenvalue weighted by molar-refractivity contribution is 5.91. The summed E-state index contributed by atoms with van der Waals surface area (Å²) in [5.41, 5.74) is 0.523. The van der Waals surface area contributed by atoms with Crippen LogP contribution in [-0.2, 0) is 14.3 Å². The molecule has 0 aliphatic heterocycles. The van der Waals surface area contributed by atoms with E-state index in [1.807, 2.05) is 0 Å². The molecule has 0 aliphatic carbocycles. The molecular formula is C13H25ClN2O3. The summed E-state index contributed by atoms with van der Waals surface area (Å²) >= 11 is 0. The lowest BCUT2D eigenvalue weighted by molar-refractivity contribution is -0.889. The maximum absolute atomic E-state index is 11.2. The monoisotopic (exact) mass is 292 g/mol. The molecule has 0 fully saturated rings. The van der Waals surface area contributed by atoms with E-state index >= 15 is 0 Å². The summed E-state index contributed by atoms with van der Waals surface area (Å²) in [7, 11) is 5.52. The van der Waals surface area contributed by atoms with Crippen molar-refractivity contribution in [1.29, 1.82) is 0 Å². The van der Waals surface area contributed by atoms with Crippen LogP contribution >= 0.6 is 0 Å². The van der Waals surface area contributed by atoms with Crippen LogP contribution < -0.4 is 17.7 Å². The number of carbonyl (C=O) groups is 2. The molecule has 0 atom stereocenters. The Morgan fingerprint density at radius 1 is 1.26 bits per heavy atom. The highest BCUT2D eigenvalue weighted by Gasteiger charge is 2.16. The fraction of sp³-hybridized carbons (Fsp3) is 0.692. The maximum Gasteiger partial charge on any atom is 0.311 e. The van der Waals surface area contributed by atoms with E-state index in [9.17, 15) is 9.59 Å². The molecule has 6 heteroatoms. The highest BCUT2D eigenvalue weighted by Crippen LogP contribution is 2.02. The Morgan fingerprint density at radius 2 is 1.84 bits per heavy atom. The molecule has 1 N–H and O–H groups in total. The summed E-state index contributed by atoms with van der Waals surface area (Å²) in [6.45, 7) is 7.52. The van der Waals surface area contributed by atoms with Gasteiger partial charge in [-0.3, -0.25) is 9.59 Å². The number of ether oxygens (including phenoxy) is 1. The molecule has 0 aromatic rings. The Kier molecular flexibility index (Phi) is 10.5. The van der Waals surface area contributed by atoms with Gasteiger partial charge in [0.15, 0.2) is 0 Å². The van der Waals surface area contributed by atoms with E-state index in [4.69, 9.17) is 0 Å². The number of nitrogens with zero attached hydrogens (tertiary/aromatic N) is 1. The van der Waals surface area contributed by atoms with Crippen molar-refractivity contribution in [3.63, 3.8) is 0 Å². The molecule has 0 bridgehead atoms. The number of carbonyl (C=O) groups excluding carboxylic acids is 2. The van der Waals surface area contributed by atoms with Crippen LogP contribution in [0.2, 0.25) is 0 Å². The van der Waals surface area contributed by atoms with Crippen molar-refractivity contribution in [3.05, 3.63) is 12.2 Å². The van der Waals surface area contributed by atoms with E-state index in [1.54, 1.807) is 6.92 Å². The number of rotatable bonds is 8. The number of nitrogens with one attached hydrogen (secondary N) is 1. The van der Waals surface area contributed by atoms with E-state index in [2.05, 4.69) is 30.7 Å². The topological polar surface area (TPSA) is 55.4 Å². The summed E-state index contributed by atoms with van der Waals surface area (Å²) in [5.74, 6) is -0.286. The van der Waals surface area contributed by atoms with E-state index < -0.39 is 0 Å². The number of hydrogen-bond donors (Lipinski definition) is 1. The third kappa shape index (κ3) is 10.5. The number of amides is 1. The highest BCUT2D eigenvalue weighted by atomic mass is 35.5. The van der Waals surface area contributed by atoms with Gasteiger partial charge >= 0.3 is 5.97 Å². The zero-order valence-electron chi connectivity index (χ0n) is 12.3. The van der Waals surface area contributed by atoms with Crippen molar-refractivity contribution < 1.29 is 31.2 Å². The average Bonchev–Trinajstić information content (AvgIpc) is 2.31. The minimum Gasteiger partial charge on any atom is -1.00 e. The first-order chi connectivity index (χ1) is 8.28. The van der Waals surface area contributed by atoms with Crippen LogP contribution in [0.5, 0.6) is 0 Å². The molecule has 112 valence electrons. The fourth-order valence-corrected chi connectivity index (χ4v) is 1.47. The van der Waals surface area contributed by atoms with Gasteiger partial charge in [0.05, 0.1) is 40.7 Å². The smallest absolute Gasteiger partial charge is 0.311 e. The normalized spacial score (nSPS) is 10.3. The molecule has 0 aromatic heterocycles. The summed E-state index contributed by atoms with van der Waals surface area (Å²) in [6.07, 6.45) is 1.29. The first-order valence-corrected chi connectivity index (χ1v) is 6.11. The second-order valence-corrected chi connectivity index (χ2v) is 5.10. The van der Waals surface area contributed by atoms with E-state index in [0.29, 0.717) is 18.5 Å². The van der Waals surface area contributed by atoms with Gasteiger partial charge in [-0.1, -0.05) is 6.58 Å². The van der Waals surface area contributed by atoms with Crippen LogP contribution in [0, 0.1) is 0 Å². The molecule has 0 heterocycles. The van der Waals surface area contributed by atoms with E-state index in [-0.39, 0.29) is 24.3 Å². The number of quaternary nitrogens is 1. The average molecular weight is 293 g/mol. The minimum absolute atomic E-state index is 0.